The molecule has 1 aliphatic rings. The Kier molecular flexibility index (Phi) is 4.94. The number of anilines is 2. The first-order chi connectivity index (χ1) is 14.1. The maximum Gasteiger partial charge on any atom is 0.343 e. The molecule has 0 saturated heterocycles. The number of fused-ring (bicyclic) bond motifs is 1. The van der Waals surface area contributed by atoms with Crippen LogP contribution in [0.5, 0.6) is 11.5 Å². The highest BCUT2D eigenvalue weighted by Gasteiger charge is 2.18. The number of nitrogens with one attached hydrogen (secondary N) is 2. The predicted molar refractivity (Wildman–Crippen MR) is 106 cm³/mol. The maximum absolute atomic E-state index is 12.4. The van der Waals surface area contributed by atoms with Crippen LogP contribution in [0.3, 0.4) is 0 Å². The number of esters is 1. The summed E-state index contributed by atoms with van der Waals surface area (Å²) < 4.78 is 10.7. The molecule has 3 aromatic carbocycles. The van der Waals surface area contributed by atoms with E-state index in [1.807, 2.05) is 6.07 Å². The van der Waals surface area contributed by atoms with E-state index in [1.165, 1.54) is 6.07 Å². The molecule has 3 aromatic rings. The third-order valence-electron chi connectivity index (χ3n) is 4.21. The molecule has 7 nitrogen and oxygen atoms in total. The molecule has 7 heteroatoms. The van der Waals surface area contributed by atoms with Crippen LogP contribution < -0.4 is 20.1 Å². The van der Waals surface area contributed by atoms with Crippen molar-refractivity contribution in [1.29, 1.82) is 0 Å². The first kappa shape index (κ1) is 18.2. The number of hydrogen-bond donors (Lipinski definition) is 2. The maximum atomic E-state index is 12.4. The molecular formula is C22H16N2O5. The molecule has 0 aliphatic carbocycles. The Morgan fingerprint density at radius 2 is 1.69 bits per heavy atom. The minimum atomic E-state index is -0.561. The molecule has 0 unspecified atom stereocenters. The van der Waals surface area contributed by atoms with E-state index in [0.29, 0.717) is 34.0 Å². The second kappa shape index (κ2) is 7.85. The van der Waals surface area contributed by atoms with Crippen LogP contribution in [-0.4, -0.2) is 24.4 Å². The molecule has 2 amide bonds. The fraction of sp³-hybridized carbons (Fsp3) is 0.0455. The topological polar surface area (TPSA) is 93.7 Å². The third kappa shape index (κ3) is 4.24. The molecule has 0 fully saturated rings. The van der Waals surface area contributed by atoms with Crippen molar-refractivity contribution in [2.45, 2.75) is 0 Å². The van der Waals surface area contributed by atoms with E-state index >= 15 is 0 Å². The number of hydrogen-bond acceptors (Lipinski definition) is 5. The van der Waals surface area contributed by atoms with Crippen LogP contribution in [-0.2, 0) is 4.79 Å². The summed E-state index contributed by atoms with van der Waals surface area (Å²) in [6.45, 7) is -0.0956. The molecular weight excluding hydrogens is 372 g/mol. The minimum absolute atomic E-state index is 0.0956. The standard InChI is InChI=1S/C22H16N2O5/c25-20-13-28-19-12-15(6-11-18(19)24-20)22(27)29-17-9-7-16(8-10-17)23-21(26)14-4-2-1-3-5-14/h1-12H,13H2,(H,23,26)(H,24,25). The average molecular weight is 388 g/mol. The molecule has 0 spiro atoms. The van der Waals surface area contributed by atoms with Crippen LogP contribution in [0.15, 0.2) is 72.8 Å². The van der Waals surface area contributed by atoms with Gasteiger partial charge in [0, 0.05) is 11.3 Å². The Bertz CT molecular complexity index is 1080. The van der Waals surface area contributed by atoms with E-state index in [2.05, 4.69) is 10.6 Å². The van der Waals surface area contributed by atoms with Crippen molar-refractivity contribution in [3.8, 4) is 11.5 Å². The highest BCUT2D eigenvalue weighted by Crippen LogP contribution is 2.29. The lowest BCUT2D eigenvalue weighted by molar-refractivity contribution is -0.118. The molecule has 0 bridgehead atoms. The van der Waals surface area contributed by atoms with E-state index in [4.69, 9.17) is 9.47 Å². The van der Waals surface area contributed by atoms with Gasteiger partial charge < -0.3 is 20.1 Å². The lowest BCUT2D eigenvalue weighted by Gasteiger charge is -2.18. The molecule has 1 heterocycles. The fourth-order valence-corrected chi connectivity index (χ4v) is 2.77. The van der Waals surface area contributed by atoms with E-state index in [1.54, 1.807) is 60.7 Å². The van der Waals surface area contributed by atoms with Gasteiger partial charge >= 0.3 is 5.97 Å². The van der Waals surface area contributed by atoms with Gasteiger partial charge in [-0.2, -0.15) is 0 Å². The monoisotopic (exact) mass is 388 g/mol. The Labute approximate surface area is 166 Å². The normalized spacial score (nSPS) is 12.2. The van der Waals surface area contributed by atoms with E-state index in [-0.39, 0.29) is 18.4 Å². The van der Waals surface area contributed by atoms with Crippen LogP contribution >= 0.6 is 0 Å². The number of benzene rings is 3. The largest absolute Gasteiger partial charge is 0.482 e. The summed E-state index contributed by atoms with van der Waals surface area (Å²) in [4.78, 5) is 35.8. The third-order valence-corrected chi connectivity index (χ3v) is 4.21. The average Bonchev–Trinajstić information content (AvgIpc) is 2.75. The van der Waals surface area contributed by atoms with Crippen molar-refractivity contribution >= 4 is 29.2 Å². The van der Waals surface area contributed by atoms with Crippen LogP contribution in [0.4, 0.5) is 11.4 Å². The molecule has 0 aromatic heterocycles. The predicted octanol–water partition coefficient (Wildman–Crippen LogP) is 3.49. The lowest BCUT2D eigenvalue weighted by atomic mass is 10.1. The van der Waals surface area contributed by atoms with Crippen molar-refractivity contribution in [3.63, 3.8) is 0 Å². The Hall–Kier alpha value is -4.13. The summed E-state index contributed by atoms with van der Waals surface area (Å²) in [6, 6.07) is 20.0. The van der Waals surface area contributed by atoms with Gasteiger partial charge in [-0.05, 0) is 54.6 Å². The molecule has 2 N–H and O–H groups in total. The molecule has 1 aliphatic heterocycles. The summed E-state index contributed by atoms with van der Waals surface area (Å²) in [5.41, 5.74) is 1.93. The zero-order valence-corrected chi connectivity index (χ0v) is 15.2. The van der Waals surface area contributed by atoms with Gasteiger partial charge in [0.25, 0.3) is 11.8 Å². The van der Waals surface area contributed by atoms with Crippen molar-refractivity contribution in [2.24, 2.45) is 0 Å². The summed E-state index contributed by atoms with van der Waals surface area (Å²) in [5, 5.41) is 5.44. The summed E-state index contributed by atoms with van der Waals surface area (Å²) in [6.07, 6.45) is 0. The Morgan fingerprint density at radius 1 is 0.931 bits per heavy atom. The Morgan fingerprint density at radius 3 is 2.45 bits per heavy atom. The zero-order chi connectivity index (χ0) is 20.2. The van der Waals surface area contributed by atoms with Crippen molar-refractivity contribution in [2.75, 3.05) is 17.2 Å². The molecule has 0 saturated carbocycles. The highest BCUT2D eigenvalue weighted by molar-refractivity contribution is 6.04. The summed E-state index contributed by atoms with van der Waals surface area (Å²) in [7, 11) is 0. The van der Waals surface area contributed by atoms with Gasteiger partial charge in [-0.1, -0.05) is 18.2 Å². The van der Waals surface area contributed by atoms with Gasteiger partial charge in [-0.3, -0.25) is 9.59 Å². The quantitative estimate of drug-likeness (QED) is 0.527. The van der Waals surface area contributed by atoms with Gasteiger partial charge in [0.15, 0.2) is 6.61 Å². The first-order valence-electron chi connectivity index (χ1n) is 8.84. The SMILES string of the molecule is O=C1COc2cc(C(=O)Oc3ccc(NC(=O)c4ccccc4)cc3)ccc2N1. The molecule has 29 heavy (non-hydrogen) atoms. The van der Waals surface area contributed by atoms with E-state index in [9.17, 15) is 14.4 Å². The summed E-state index contributed by atoms with van der Waals surface area (Å²) in [5.74, 6) is -0.282. The zero-order valence-electron chi connectivity index (χ0n) is 15.2. The minimum Gasteiger partial charge on any atom is -0.482 e. The van der Waals surface area contributed by atoms with Gasteiger partial charge in [0.05, 0.1) is 11.3 Å². The van der Waals surface area contributed by atoms with E-state index in [0.717, 1.165) is 0 Å². The van der Waals surface area contributed by atoms with Crippen LogP contribution in [0.1, 0.15) is 20.7 Å². The molecule has 0 radical (unpaired) electrons. The Balaban J connectivity index is 1.40. The highest BCUT2D eigenvalue weighted by atomic mass is 16.5. The van der Waals surface area contributed by atoms with Gasteiger partial charge in [-0.25, -0.2) is 4.79 Å². The first-order valence-corrected chi connectivity index (χ1v) is 8.84. The van der Waals surface area contributed by atoms with Crippen LogP contribution in [0.2, 0.25) is 0 Å². The smallest absolute Gasteiger partial charge is 0.343 e. The lowest BCUT2D eigenvalue weighted by Crippen LogP contribution is -2.25. The second-order valence-corrected chi connectivity index (χ2v) is 6.28. The van der Waals surface area contributed by atoms with Crippen LogP contribution in [0, 0.1) is 0 Å². The number of carbonyl (C=O) groups is 3. The fourth-order valence-electron chi connectivity index (χ4n) is 2.77. The van der Waals surface area contributed by atoms with Gasteiger partial charge in [0.2, 0.25) is 0 Å². The van der Waals surface area contributed by atoms with Crippen molar-refractivity contribution < 1.29 is 23.9 Å². The molecule has 144 valence electrons. The van der Waals surface area contributed by atoms with Crippen molar-refractivity contribution in [3.05, 3.63) is 83.9 Å². The van der Waals surface area contributed by atoms with Crippen LogP contribution in [0.25, 0.3) is 0 Å². The summed E-state index contributed by atoms with van der Waals surface area (Å²) >= 11 is 0. The van der Waals surface area contributed by atoms with E-state index < -0.39 is 5.97 Å². The van der Waals surface area contributed by atoms with Gasteiger partial charge in [-0.15, -0.1) is 0 Å². The number of ether oxygens (including phenoxy) is 2. The second-order valence-electron chi connectivity index (χ2n) is 6.28. The molecule has 4 rings (SSSR count). The molecule has 0 atom stereocenters. The number of amides is 2. The number of rotatable bonds is 4. The van der Waals surface area contributed by atoms with Crippen molar-refractivity contribution in [1.82, 2.24) is 0 Å². The van der Waals surface area contributed by atoms with Gasteiger partial charge in [0.1, 0.15) is 11.5 Å². The number of carbonyl (C=O) groups excluding carboxylic acids is 3.